The van der Waals surface area contributed by atoms with Crippen molar-refractivity contribution < 1.29 is 15.0 Å². The third kappa shape index (κ3) is 2.17. The van der Waals surface area contributed by atoms with Gasteiger partial charge < -0.3 is 15.1 Å². The Morgan fingerprint density at radius 2 is 2.27 bits per heavy atom. The van der Waals surface area contributed by atoms with Gasteiger partial charge in [-0.3, -0.25) is 9.89 Å². The fourth-order valence-corrected chi connectivity index (χ4v) is 3.21. The maximum atomic E-state index is 13.0. The van der Waals surface area contributed by atoms with Crippen molar-refractivity contribution in [2.45, 2.75) is 38.8 Å². The SMILES string of the molecule is Cc1cc(C(=O)N2CC(O)CC2(C)CO)c2c(C)[nH]nc2n1. The topological polar surface area (TPSA) is 102 Å². The van der Waals surface area contributed by atoms with E-state index in [1.54, 1.807) is 17.9 Å². The zero-order valence-electron chi connectivity index (χ0n) is 12.9. The number of carbonyl (C=O) groups is 1. The minimum absolute atomic E-state index is 0.187. The molecule has 2 aromatic rings. The van der Waals surface area contributed by atoms with E-state index < -0.39 is 11.6 Å². The summed E-state index contributed by atoms with van der Waals surface area (Å²) in [6.07, 6.45) is -0.253. The molecular formula is C15H20N4O3. The summed E-state index contributed by atoms with van der Waals surface area (Å²) < 4.78 is 0. The van der Waals surface area contributed by atoms with Crippen LogP contribution in [0.1, 0.15) is 35.1 Å². The fourth-order valence-electron chi connectivity index (χ4n) is 3.21. The van der Waals surface area contributed by atoms with Crippen LogP contribution in [0.3, 0.4) is 0 Å². The number of H-pyrrole nitrogens is 1. The molecule has 3 rings (SSSR count). The molecule has 1 fully saturated rings. The molecule has 2 atom stereocenters. The van der Waals surface area contributed by atoms with Gasteiger partial charge in [0.1, 0.15) is 0 Å². The van der Waals surface area contributed by atoms with E-state index in [9.17, 15) is 15.0 Å². The molecule has 0 radical (unpaired) electrons. The summed E-state index contributed by atoms with van der Waals surface area (Å²) in [5.74, 6) is -0.215. The lowest BCUT2D eigenvalue weighted by atomic mass is 9.98. The summed E-state index contributed by atoms with van der Waals surface area (Å²) in [7, 11) is 0. The maximum absolute atomic E-state index is 13.0. The third-order valence-electron chi connectivity index (χ3n) is 4.37. The Kier molecular flexibility index (Phi) is 3.41. The number of nitrogens with one attached hydrogen (secondary N) is 1. The Labute approximate surface area is 128 Å². The lowest BCUT2D eigenvalue weighted by Gasteiger charge is -2.33. The van der Waals surface area contributed by atoms with Crippen molar-refractivity contribution >= 4 is 16.9 Å². The number of aryl methyl sites for hydroxylation is 2. The molecular weight excluding hydrogens is 284 g/mol. The van der Waals surface area contributed by atoms with E-state index in [-0.39, 0.29) is 19.1 Å². The van der Waals surface area contributed by atoms with Gasteiger partial charge in [0.2, 0.25) is 0 Å². The number of amides is 1. The largest absolute Gasteiger partial charge is 0.394 e. The molecule has 0 aromatic carbocycles. The Hall–Kier alpha value is -1.99. The standard InChI is InChI=1S/C15H20N4O3/c1-8-4-11(12-9(2)17-18-13(12)16-8)14(22)19-6-10(21)5-15(19,3)7-20/h4,10,20-21H,5-7H2,1-3H3,(H,16,17,18). The van der Waals surface area contributed by atoms with Gasteiger partial charge in [-0.25, -0.2) is 4.98 Å². The summed E-state index contributed by atoms with van der Waals surface area (Å²) in [6, 6.07) is 1.73. The molecule has 3 heterocycles. The van der Waals surface area contributed by atoms with Crippen LogP contribution < -0.4 is 0 Å². The quantitative estimate of drug-likeness (QED) is 0.751. The predicted octanol–water partition coefficient (Wildman–Crippen LogP) is 0.533. The van der Waals surface area contributed by atoms with Crippen LogP contribution in [0, 0.1) is 13.8 Å². The molecule has 2 unspecified atom stereocenters. The predicted molar refractivity (Wildman–Crippen MR) is 80.5 cm³/mol. The summed E-state index contributed by atoms with van der Waals surface area (Å²) in [5.41, 5.74) is 1.73. The number of hydrogen-bond acceptors (Lipinski definition) is 5. The first kappa shape index (κ1) is 14.9. The Morgan fingerprint density at radius 3 is 2.95 bits per heavy atom. The first-order valence-corrected chi connectivity index (χ1v) is 7.29. The fraction of sp³-hybridized carbons (Fsp3) is 0.533. The van der Waals surface area contributed by atoms with Gasteiger partial charge in [-0.15, -0.1) is 0 Å². The molecule has 7 nitrogen and oxygen atoms in total. The van der Waals surface area contributed by atoms with E-state index in [0.29, 0.717) is 28.7 Å². The average Bonchev–Trinajstić information content (AvgIpc) is 2.98. The maximum Gasteiger partial charge on any atom is 0.255 e. The van der Waals surface area contributed by atoms with E-state index in [2.05, 4.69) is 15.2 Å². The number of rotatable bonds is 2. The van der Waals surface area contributed by atoms with Gasteiger partial charge in [0.15, 0.2) is 5.65 Å². The van der Waals surface area contributed by atoms with Crippen molar-refractivity contribution in [3.63, 3.8) is 0 Å². The van der Waals surface area contributed by atoms with E-state index >= 15 is 0 Å². The summed E-state index contributed by atoms with van der Waals surface area (Å²) in [6.45, 7) is 5.47. The van der Waals surface area contributed by atoms with Crippen LogP contribution in [0.4, 0.5) is 0 Å². The van der Waals surface area contributed by atoms with Crippen LogP contribution in [-0.2, 0) is 0 Å². The molecule has 0 spiro atoms. The van der Waals surface area contributed by atoms with Gasteiger partial charge >= 0.3 is 0 Å². The molecule has 1 aliphatic rings. The first-order valence-electron chi connectivity index (χ1n) is 7.29. The lowest BCUT2D eigenvalue weighted by molar-refractivity contribution is 0.0473. The number of carbonyl (C=O) groups excluding carboxylic acids is 1. The minimum atomic E-state index is -0.752. The molecule has 0 saturated carbocycles. The number of aliphatic hydroxyl groups excluding tert-OH is 2. The highest BCUT2D eigenvalue weighted by atomic mass is 16.3. The van der Waals surface area contributed by atoms with Crippen LogP contribution in [0.25, 0.3) is 11.0 Å². The van der Waals surface area contributed by atoms with Crippen LogP contribution in [0.2, 0.25) is 0 Å². The molecule has 2 aromatic heterocycles. The highest BCUT2D eigenvalue weighted by Gasteiger charge is 2.44. The van der Waals surface area contributed by atoms with E-state index in [0.717, 1.165) is 5.69 Å². The van der Waals surface area contributed by atoms with Gasteiger partial charge in [0.25, 0.3) is 5.91 Å². The van der Waals surface area contributed by atoms with E-state index in [1.807, 2.05) is 13.8 Å². The number of aromatic nitrogens is 3. The Balaban J connectivity index is 2.11. The number of nitrogens with zero attached hydrogens (tertiary/aromatic N) is 3. The number of fused-ring (bicyclic) bond motifs is 1. The molecule has 0 bridgehead atoms. The zero-order chi connectivity index (χ0) is 16.1. The molecule has 3 N–H and O–H groups in total. The molecule has 0 aliphatic carbocycles. The van der Waals surface area contributed by atoms with Crippen LogP contribution >= 0.6 is 0 Å². The second kappa shape index (κ2) is 5.03. The van der Waals surface area contributed by atoms with Crippen molar-refractivity contribution in [3.05, 3.63) is 23.0 Å². The third-order valence-corrected chi connectivity index (χ3v) is 4.37. The Morgan fingerprint density at radius 1 is 1.55 bits per heavy atom. The van der Waals surface area contributed by atoms with Gasteiger partial charge in [-0.2, -0.15) is 5.10 Å². The van der Waals surface area contributed by atoms with E-state index in [4.69, 9.17) is 0 Å². The minimum Gasteiger partial charge on any atom is -0.394 e. The molecule has 1 aliphatic heterocycles. The van der Waals surface area contributed by atoms with Crippen LogP contribution in [0.15, 0.2) is 6.07 Å². The number of aromatic amines is 1. The molecule has 1 saturated heterocycles. The number of pyridine rings is 1. The summed E-state index contributed by atoms with van der Waals surface area (Å²) in [5, 5.41) is 27.2. The van der Waals surface area contributed by atoms with Crippen molar-refractivity contribution in [2.24, 2.45) is 0 Å². The van der Waals surface area contributed by atoms with Crippen LogP contribution in [-0.4, -0.2) is 61.0 Å². The Bertz CT molecular complexity index is 742. The highest BCUT2D eigenvalue weighted by molar-refractivity contribution is 6.06. The smallest absolute Gasteiger partial charge is 0.255 e. The van der Waals surface area contributed by atoms with Gasteiger partial charge in [0, 0.05) is 24.4 Å². The second-order valence-electron chi connectivity index (χ2n) is 6.29. The lowest BCUT2D eigenvalue weighted by Crippen LogP contribution is -2.47. The highest BCUT2D eigenvalue weighted by Crippen LogP contribution is 2.32. The molecule has 22 heavy (non-hydrogen) atoms. The summed E-state index contributed by atoms with van der Waals surface area (Å²) >= 11 is 0. The zero-order valence-corrected chi connectivity index (χ0v) is 12.9. The van der Waals surface area contributed by atoms with Gasteiger partial charge in [-0.1, -0.05) is 0 Å². The van der Waals surface area contributed by atoms with Crippen molar-refractivity contribution in [3.8, 4) is 0 Å². The number of aliphatic hydroxyl groups is 2. The normalized spacial score (nSPS) is 25.1. The van der Waals surface area contributed by atoms with Gasteiger partial charge in [0.05, 0.1) is 29.2 Å². The van der Waals surface area contributed by atoms with Crippen molar-refractivity contribution in [2.75, 3.05) is 13.2 Å². The molecule has 7 heteroatoms. The first-order chi connectivity index (χ1) is 10.4. The number of likely N-dealkylation sites (tertiary alicyclic amines) is 1. The van der Waals surface area contributed by atoms with E-state index in [1.165, 1.54) is 0 Å². The second-order valence-corrected chi connectivity index (χ2v) is 6.29. The van der Waals surface area contributed by atoms with Crippen LogP contribution in [0.5, 0.6) is 0 Å². The number of hydrogen-bond donors (Lipinski definition) is 3. The van der Waals surface area contributed by atoms with Crippen molar-refractivity contribution in [1.29, 1.82) is 0 Å². The summed E-state index contributed by atoms with van der Waals surface area (Å²) in [4.78, 5) is 18.9. The van der Waals surface area contributed by atoms with Crippen molar-refractivity contribution in [1.82, 2.24) is 20.1 Å². The molecule has 1 amide bonds. The molecule has 118 valence electrons. The monoisotopic (exact) mass is 304 g/mol. The van der Waals surface area contributed by atoms with Gasteiger partial charge in [-0.05, 0) is 26.8 Å². The number of β-amino-alcohol motifs (C(OH)–C–C–N with tert-alkyl or cyclic N) is 1. The average molecular weight is 304 g/mol.